The van der Waals surface area contributed by atoms with Gasteiger partial charge in [-0.2, -0.15) is 0 Å². The second kappa shape index (κ2) is 10.2. The minimum absolute atomic E-state index is 0. The maximum Gasteiger partial charge on any atom is 3.00 e. The smallest absolute Gasteiger partial charge is 1.00 e. The Balaban J connectivity index is 0.00000107. The minimum atomic E-state index is 0. The van der Waals surface area contributed by atoms with Gasteiger partial charge in [-0.3, -0.25) is 4.98 Å². The van der Waals surface area contributed by atoms with Gasteiger partial charge in [-0.25, -0.2) is 0 Å². The molecule has 0 saturated heterocycles. The Bertz CT molecular complexity index is 1270. The average Bonchev–Trinajstić information content (AvgIpc) is 3.08. The van der Waals surface area contributed by atoms with Crippen molar-refractivity contribution in [3.63, 3.8) is 0 Å². The van der Waals surface area contributed by atoms with Crippen LogP contribution in [0.2, 0.25) is 0 Å². The molecule has 4 heteroatoms. The van der Waals surface area contributed by atoms with Gasteiger partial charge in [-0.1, -0.05) is 78.7 Å². The largest absolute Gasteiger partial charge is 3.00 e. The second-order valence-electron chi connectivity index (χ2n) is 7.09. The number of hydrogen-bond acceptors (Lipinski definition) is 1. The Hall–Kier alpha value is -2.21. The molecule has 0 amide bonds. The monoisotopic (exact) mass is 468 g/mol. The molecule has 1 heterocycles. The predicted octanol–water partition coefficient (Wildman–Crippen LogP) is 0.679. The number of halogens is 2. The summed E-state index contributed by atoms with van der Waals surface area (Å²) in [5, 5.41) is 3.83. The van der Waals surface area contributed by atoms with Crippen LogP contribution in [-0.2, 0) is 23.8 Å². The van der Waals surface area contributed by atoms with E-state index in [4.69, 9.17) is 0 Å². The molecule has 0 bridgehead atoms. The molecule has 4 aromatic carbocycles. The molecule has 0 saturated carbocycles. The first kappa shape index (κ1) is 24.1. The zero-order valence-corrected chi connectivity index (χ0v) is 19.3. The summed E-state index contributed by atoms with van der Waals surface area (Å²) < 4.78 is 0. The van der Waals surface area contributed by atoms with E-state index in [-0.39, 0.29) is 42.2 Å². The van der Waals surface area contributed by atoms with Crippen LogP contribution < -0.4 is 24.8 Å². The molecule has 5 rings (SSSR count). The fourth-order valence-corrected chi connectivity index (χ4v) is 4.06. The molecule has 0 fully saturated rings. The molecule has 5 aromatic rings. The van der Waals surface area contributed by atoms with Crippen molar-refractivity contribution in [3.05, 3.63) is 108 Å². The molecule has 0 spiro atoms. The van der Waals surface area contributed by atoms with Crippen molar-refractivity contribution >= 4 is 21.7 Å². The van der Waals surface area contributed by atoms with Crippen LogP contribution in [0.5, 0.6) is 0 Å². The van der Waals surface area contributed by atoms with Crippen LogP contribution in [0.4, 0.5) is 0 Å². The summed E-state index contributed by atoms with van der Waals surface area (Å²) >= 11 is 0. The van der Waals surface area contributed by atoms with E-state index >= 15 is 0 Å². The Morgan fingerprint density at radius 2 is 1.43 bits per heavy atom. The summed E-state index contributed by atoms with van der Waals surface area (Å²) in [5.41, 5.74) is 7.69. The van der Waals surface area contributed by atoms with Crippen LogP contribution in [0.15, 0.2) is 91.1 Å². The van der Waals surface area contributed by atoms with E-state index in [0.717, 1.165) is 11.9 Å². The van der Waals surface area contributed by atoms with E-state index in [1.54, 1.807) is 0 Å². The van der Waals surface area contributed by atoms with E-state index in [0.29, 0.717) is 0 Å². The Morgan fingerprint density at radius 3 is 2.30 bits per heavy atom. The summed E-state index contributed by atoms with van der Waals surface area (Å²) in [6.07, 6.45) is 2.83. The molecule has 0 unspecified atom stereocenters. The summed E-state index contributed by atoms with van der Waals surface area (Å²) in [7, 11) is 0. The van der Waals surface area contributed by atoms with Gasteiger partial charge in [0.05, 0.1) is 0 Å². The molecule has 1 radical (unpaired) electrons. The van der Waals surface area contributed by atoms with Gasteiger partial charge < -0.3 is 24.8 Å². The standard InChI is InChI=1S/C26H20N.2ClH.Cr/c1-18-21(17-22-10-4-8-19-7-2-3-12-24(19)22)14-15-23(18)25-13-5-9-20-11-6-16-27-26(20)25;;;/h2-16H,17H2,1H3;2*1H;/q-1;;;+3/p-2. The molecule has 0 aliphatic heterocycles. The normalized spacial score (nSPS) is 10.2. The third-order valence-electron chi connectivity index (χ3n) is 5.52. The molecule has 0 aliphatic rings. The van der Waals surface area contributed by atoms with Crippen molar-refractivity contribution in [2.75, 3.05) is 0 Å². The molecule has 0 atom stereocenters. The first-order valence-corrected chi connectivity index (χ1v) is 9.37. The third kappa shape index (κ3) is 4.29. The number of nitrogens with zero attached hydrogens (tertiary/aromatic N) is 1. The molecule has 149 valence electrons. The SMILES string of the molecule is Cc1c(Cc2cccc3ccccc23)cc[c-]1-c1cccc2cccnc12.[Cl-].[Cl-].[Cr+3]. The Morgan fingerprint density at radius 1 is 0.733 bits per heavy atom. The number of hydrogen-bond donors (Lipinski definition) is 0. The van der Waals surface area contributed by atoms with Gasteiger partial charge in [0.25, 0.3) is 0 Å². The van der Waals surface area contributed by atoms with Crippen LogP contribution in [0.25, 0.3) is 32.8 Å². The van der Waals surface area contributed by atoms with Crippen molar-refractivity contribution in [2.24, 2.45) is 0 Å². The molecule has 1 aromatic heterocycles. The van der Waals surface area contributed by atoms with Crippen molar-refractivity contribution in [2.45, 2.75) is 13.3 Å². The first-order chi connectivity index (χ1) is 13.3. The number of fused-ring (bicyclic) bond motifs is 2. The second-order valence-corrected chi connectivity index (χ2v) is 7.09. The zero-order chi connectivity index (χ0) is 18.2. The average molecular weight is 469 g/mol. The molecule has 30 heavy (non-hydrogen) atoms. The predicted molar refractivity (Wildman–Crippen MR) is 114 cm³/mol. The number of pyridine rings is 1. The molecular formula is C26H20Cl2CrN. The Labute approximate surface area is 200 Å². The summed E-state index contributed by atoms with van der Waals surface area (Å²) in [6, 6.07) is 30.3. The molecule has 0 N–H and O–H groups in total. The number of para-hydroxylation sites is 1. The minimum Gasteiger partial charge on any atom is -1.00 e. The topological polar surface area (TPSA) is 12.9 Å². The van der Waals surface area contributed by atoms with Gasteiger partial charge in [-0.15, -0.1) is 29.3 Å². The fourth-order valence-electron chi connectivity index (χ4n) is 4.06. The van der Waals surface area contributed by atoms with Gasteiger partial charge >= 0.3 is 17.4 Å². The summed E-state index contributed by atoms with van der Waals surface area (Å²) in [4.78, 5) is 4.63. The number of aromatic nitrogens is 1. The maximum absolute atomic E-state index is 4.63. The van der Waals surface area contributed by atoms with Gasteiger partial charge in [0.15, 0.2) is 0 Å². The fraction of sp³-hybridized carbons (Fsp3) is 0.0769. The van der Waals surface area contributed by atoms with E-state index < -0.39 is 0 Å². The third-order valence-corrected chi connectivity index (χ3v) is 5.52. The number of rotatable bonds is 3. The quantitative estimate of drug-likeness (QED) is 0.355. The summed E-state index contributed by atoms with van der Waals surface area (Å²) in [5.74, 6) is 0. The van der Waals surface area contributed by atoms with Gasteiger partial charge in [0.2, 0.25) is 0 Å². The van der Waals surface area contributed by atoms with Gasteiger partial charge in [0, 0.05) is 11.7 Å². The zero-order valence-electron chi connectivity index (χ0n) is 16.5. The van der Waals surface area contributed by atoms with Crippen LogP contribution in [0, 0.1) is 6.92 Å². The van der Waals surface area contributed by atoms with Crippen molar-refractivity contribution in [3.8, 4) is 11.1 Å². The van der Waals surface area contributed by atoms with E-state index in [1.807, 2.05) is 12.3 Å². The van der Waals surface area contributed by atoms with E-state index in [9.17, 15) is 0 Å². The molecular weight excluding hydrogens is 449 g/mol. The summed E-state index contributed by atoms with van der Waals surface area (Å²) in [6.45, 7) is 2.23. The van der Waals surface area contributed by atoms with Crippen LogP contribution in [0.3, 0.4) is 0 Å². The van der Waals surface area contributed by atoms with Crippen LogP contribution >= 0.6 is 0 Å². The molecule has 1 nitrogen and oxygen atoms in total. The van der Waals surface area contributed by atoms with Crippen LogP contribution in [0.1, 0.15) is 16.7 Å². The van der Waals surface area contributed by atoms with E-state index in [1.165, 1.54) is 44.0 Å². The number of benzene rings is 3. The van der Waals surface area contributed by atoms with Crippen LogP contribution in [-0.4, -0.2) is 4.98 Å². The van der Waals surface area contributed by atoms with Crippen molar-refractivity contribution in [1.29, 1.82) is 0 Å². The van der Waals surface area contributed by atoms with Gasteiger partial charge in [0.1, 0.15) is 0 Å². The van der Waals surface area contributed by atoms with Gasteiger partial charge in [-0.05, 0) is 34.2 Å². The first-order valence-electron chi connectivity index (χ1n) is 9.37. The Kier molecular flexibility index (Phi) is 8.19. The molecule has 0 aliphatic carbocycles. The van der Waals surface area contributed by atoms with E-state index in [2.05, 4.69) is 90.8 Å². The van der Waals surface area contributed by atoms with Crippen molar-refractivity contribution in [1.82, 2.24) is 4.98 Å². The maximum atomic E-state index is 4.63. The van der Waals surface area contributed by atoms with Crippen molar-refractivity contribution < 1.29 is 42.2 Å².